The van der Waals surface area contributed by atoms with E-state index in [9.17, 15) is 0 Å². The maximum Gasteiger partial charge on any atom is 0.0619 e. The summed E-state index contributed by atoms with van der Waals surface area (Å²) in [6.45, 7) is 1.86. The minimum Gasteiger partial charge on any atom is -0.380 e. The summed E-state index contributed by atoms with van der Waals surface area (Å²) in [7, 11) is 1.99. The van der Waals surface area contributed by atoms with Crippen LogP contribution in [0.15, 0.2) is 0 Å². The van der Waals surface area contributed by atoms with Crippen molar-refractivity contribution in [1.82, 2.24) is 5.32 Å². The van der Waals surface area contributed by atoms with Gasteiger partial charge in [-0.3, -0.25) is 0 Å². The van der Waals surface area contributed by atoms with Crippen LogP contribution >= 0.6 is 12.4 Å². The number of ether oxygens (including phenoxy) is 1. The van der Waals surface area contributed by atoms with Crippen LogP contribution in [0.5, 0.6) is 0 Å². The quantitative estimate of drug-likeness (QED) is 0.599. The molecule has 0 aliphatic carbocycles. The monoisotopic (exact) mass is 151 g/mol. The van der Waals surface area contributed by atoms with E-state index in [-0.39, 0.29) is 12.4 Å². The summed E-state index contributed by atoms with van der Waals surface area (Å²) in [5, 5.41) is 3.18. The van der Waals surface area contributed by atoms with Crippen LogP contribution < -0.4 is 5.32 Å². The number of likely N-dealkylation sites (N-methyl/N-ethyl adjacent to an activating group) is 1. The van der Waals surface area contributed by atoms with Crippen LogP contribution in [0.3, 0.4) is 0 Å². The van der Waals surface area contributed by atoms with Crippen LogP contribution in [-0.2, 0) is 4.74 Å². The Morgan fingerprint density at radius 2 is 2.33 bits per heavy atom. The summed E-state index contributed by atoms with van der Waals surface area (Å²) in [6.07, 6.45) is 2.49. The molecule has 0 unspecified atom stereocenters. The largest absolute Gasteiger partial charge is 0.380 e. The third-order valence-electron chi connectivity index (χ3n) is 1.57. The van der Waals surface area contributed by atoms with Gasteiger partial charge in [-0.2, -0.15) is 0 Å². The Labute approximate surface area is 62.4 Å². The maximum atomic E-state index is 5.21. The Morgan fingerprint density at radius 3 is 2.67 bits per heavy atom. The van der Waals surface area contributed by atoms with Crippen molar-refractivity contribution in [2.24, 2.45) is 0 Å². The Bertz CT molecular complexity index is 64.1. The molecule has 1 atom stereocenters. The molecule has 2 nitrogen and oxygen atoms in total. The molecule has 1 saturated heterocycles. The molecular weight excluding hydrogens is 138 g/mol. The molecule has 0 aromatic rings. The van der Waals surface area contributed by atoms with Gasteiger partial charge in [0.05, 0.1) is 6.61 Å². The fourth-order valence-corrected chi connectivity index (χ4v) is 0.968. The summed E-state index contributed by atoms with van der Waals surface area (Å²) < 4.78 is 5.21. The predicted molar refractivity (Wildman–Crippen MR) is 40.1 cm³/mol. The van der Waals surface area contributed by atoms with Gasteiger partial charge in [-0.15, -0.1) is 12.4 Å². The third-order valence-corrected chi connectivity index (χ3v) is 1.57. The molecule has 1 aliphatic heterocycles. The van der Waals surface area contributed by atoms with Gasteiger partial charge in [-0.1, -0.05) is 0 Å². The van der Waals surface area contributed by atoms with E-state index < -0.39 is 0 Å². The lowest BCUT2D eigenvalue weighted by Crippen LogP contribution is -2.33. The van der Waals surface area contributed by atoms with Gasteiger partial charge in [0.25, 0.3) is 0 Å². The fourth-order valence-electron chi connectivity index (χ4n) is 0.968. The summed E-state index contributed by atoms with van der Waals surface area (Å²) >= 11 is 0. The minimum absolute atomic E-state index is 0. The average Bonchev–Trinajstić information content (AvgIpc) is 1.90. The van der Waals surface area contributed by atoms with E-state index in [0.29, 0.717) is 6.04 Å². The molecule has 0 spiro atoms. The molecular formula is C6H14ClNO. The number of hydrogen-bond acceptors (Lipinski definition) is 2. The highest BCUT2D eigenvalue weighted by Crippen LogP contribution is 2.03. The maximum absolute atomic E-state index is 5.21. The van der Waals surface area contributed by atoms with Crippen LogP contribution in [0.2, 0.25) is 0 Å². The first-order valence-corrected chi connectivity index (χ1v) is 3.18. The van der Waals surface area contributed by atoms with Gasteiger partial charge >= 0.3 is 0 Å². The zero-order chi connectivity index (χ0) is 5.82. The Hall–Kier alpha value is 0.210. The van der Waals surface area contributed by atoms with E-state index in [1.54, 1.807) is 0 Å². The minimum atomic E-state index is 0. The third kappa shape index (κ3) is 3.04. The van der Waals surface area contributed by atoms with E-state index in [0.717, 1.165) is 13.2 Å². The van der Waals surface area contributed by atoms with Gasteiger partial charge < -0.3 is 10.1 Å². The summed E-state index contributed by atoms with van der Waals surface area (Å²) in [5.74, 6) is 0. The zero-order valence-electron chi connectivity index (χ0n) is 5.72. The van der Waals surface area contributed by atoms with Crippen molar-refractivity contribution >= 4 is 12.4 Å². The lowest BCUT2D eigenvalue weighted by atomic mass is 10.1. The second-order valence-corrected chi connectivity index (χ2v) is 2.20. The SMILES string of the molecule is CN[C@H]1CCCOC1.Cl. The summed E-state index contributed by atoms with van der Waals surface area (Å²) in [5.41, 5.74) is 0. The van der Waals surface area contributed by atoms with Gasteiger partial charge in [0.1, 0.15) is 0 Å². The van der Waals surface area contributed by atoms with Gasteiger partial charge in [0, 0.05) is 12.6 Å². The lowest BCUT2D eigenvalue weighted by molar-refractivity contribution is 0.0730. The molecule has 1 heterocycles. The molecule has 0 bridgehead atoms. The zero-order valence-corrected chi connectivity index (χ0v) is 6.54. The summed E-state index contributed by atoms with van der Waals surface area (Å²) in [4.78, 5) is 0. The second-order valence-electron chi connectivity index (χ2n) is 2.20. The molecule has 0 aromatic heterocycles. The molecule has 0 amide bonds. The highest BCUT2D eigenvalue weighted by Gasteiger charge is 2.09. The summed E-state index contributed by atoms with van der Waals surface area (Å²) in [6, 6.07) is 0.615. The van der Waals surface area contributed by atoms with Gasteiger partial charge in [0.2, 0.25) is 0 Å². The topological polar surface area (TPSA) is 21.3 Å². The van der Waals surface area contributed by atoms with Crippen molar-refractivity contribution < 1.29 is 4.74 Å². The van der Waals surface area contributed by atoms with E-state index in [1.165, 1.54) is 12.8 Å². The Balaban J connectivity index is 0.000000640. The Morgan fingerprint density at radius 1 is 1.56 bits per heavy atom. The molecule has 0 aromatic carbocycles. The number of nitrogens with one attached hydrogen (secondary N) is 1. The van der Waals surface area contributed by atoms with Crippen molar-refractivity contribution in [2.75, 3.05) is 20.3 Å². The predicted octanol–water partition coefficient (Wildman–Crippen LogP) is 0.807. The first kappa shape index (κ1) is 9.21. The highest BCUT2D eigenvalue weighted by molar-refractivity contribution is 5.85. The lowest BCUT2D eigenvalue weighted by Gasteiger charge is -2.20. The van der Waals surface area contributed by atoms with Crippen molar-refractivity contribution in [2.45, 2.75) is 18.9 Å². The number of rotatable bonds is 1. The van der Waals surface area contributed by atoms with E-state index in [4.69, 9.17) is 4.74 Å². The first-order valence-electron chi connectivity index (χ1n) is 3.18. The van der Waals surface area contributed by atoms with E-state index in [1.807, 2.05) is 7.05 Å². The van der Waals surface area contributed by atoms with Crippen LogP contribution in [0.4, 0.5) is 0 Å². The van der Waals surface area contributed by atoms with Gasteiger partial charge in [-0.05, 0) is 19.9 Å². The van der Waals surface area contributed by atoms with Crippen molar-refractivity contribution in [3.8, 4) is 0 Å². The number of halogens is 1. The van der Waals surface area contributed by atoms with Gasteiger partial charge in [-0.25, -0.2) is 0 Å². The smallest absolute Gasteiger partial charge is 0.0619 e. The van der Waals surface area contributed by atoms with Crippen LogP contribution in [-0.4, -0.2) is 26.3 Å². The van der Waals surface area contributed by atoms with Crippen LogP contribution in [0.25, 0.3) is 0 Å². The molecule has 1 rings (SSSR count). The number of hydrogen-bond donors (Lipinski definition) is 1. The molecule has 9 heavy (non-hydrogen) atoms. The standard InChI is InChI=1S/C6H13NO.ClH/c1-7-6-3-2-4-8-5-6;/h6-7H,2-5H2,1H3;1H/t6-;/m0./s1. The molecule has 56 valence electrons. The van der Waals surface area contributed by atoms with Crippen molar-refractivity contribution in [1.29, 1.82) is 0 Å². The van der Waals surface area contributed by atoms with Crippen molar-refractivity contribution in [3.05, 3.63) is 0 Å². The molecule has 1 N–H and O–H groups in total. The van der Waals surface area contributed by atoms with Crippen molar-refractivity contribution in [3.63, 3.8) is 0 Å². The first-order chi connectivity index (χ1) is 3.93. The molecule has 1 aliphatic rings. The van der Waals surface area contributed by atoms with E-state index in [2.05, 4.69) is 5.32 Å². The molecule has 0 radical (unpaired) electrons. The van der Waals surface area contributed by atoms with Crippen LogP contribution in [0.1, 0.15) is 12.8 Å². The normalized spacial score (nSPS) is 27.0. The fraction of sp³-hybridized carbons (Fsp3) is 1.00. The highest BCUT2D eigenvalue weighted by atomic mass is 35.5. The second kappa shape index (κ2) is 5.03. The van der Waals surface area contributed by atoms with E-state index >= 15 is 0 Å². The molecule has 0 saturated carbocycles. The molecule has 1 fully saturated rings. The average molecular weight is 152 g/mol. The Kier molecular flexibility index (Phi) is 5.15. The van der Waals surface area contributed by atoms with Gasteiger partial charge in [0.15, 0.2) is 0 Å². The van der Waals surface area contributed by atoms with Crippen LogP contribution in [0, 0.1) is 0 Å². The molecule has 3 heteroatoms.